The fourth-order valence-electron chi connectivity index (χ4n) is 4.02. The van der Waals surface area contributed by atoms with E-state index in [9.17, 15) is 14.7 Å². The maximum absolute atomic E-state index is 13.4. The first kappa shape index (κ1) is 18.5. The summed E-state index contributed by atoms with van der Waals surface area (Å²) in [5, 5.41) is 9.69. The number of hydrogen-bond donors (Lipinski definition) is 1. The van der Waals surface area contributed by atoms with Crippen molar-refractivity contribution in [2.45, 2.75) is 71.4 Å². The number of aromatic nitrogens is 2. The van der Waals surface area contributed by atoms with E-state index in [1.54, 1.807) is 0 Å². The van der Waals surface area contributed by atoms with Crippen LogP contribution in [0.2, 0.25) is 0 Å². The molecule has 3 rings (SSSR count). The molecule has 2 aromatic rings. The van der Waals surface area contributed by atoms with Crippen LogP contribution in [0.25, 0.3) is 0 Å². The summed E-state index contributed by atoms with van der Waals surface area (Å²) in [4.78, 5) is 25.2. The molecule has 5 heteroatoms. The number of aryl methyl sites for hydroxylation is 2. The van der Waals surface area contributed by atoms with Crippen LogP contribution in [0.4, 0.5) is 0 Å². The maximum Gasteiger partial charge on any atom is 0.312 e. The Balaban J connectivity index is 2.13. The molecule has 0 saturated heterocycles. The predicted molar refractivity (Wildman–Crippen MR) is 101 cm³/mol. The summed E-state index contributed by atoms with van der Waals surface area (Å²) in [5.74, 6) is -1.29. The summed E-state index contributed by atoms with van der Waals surface area (Å²) in [6.07, 6.45) is 7.21. The van der Waals surface area contributed by atoms with E-state index in [4.69, 9.17) is 0 Å². The molecule has 0 aliphatic carbocycles. The van der Waals surface area contributed by atoms with Gasteiger partial charge in [0.2, 0.25) is 5.78 Å². The molecule has 2 aromatic heterocycles. The normalized spacial score (nSPS) is 16.9. The Labute approximate surface area is 154 Å². The van der Waals surface area contributed by atoms with Crippen LogP contribution in [0, 0.1) is 0 Å². The molecule has 5 nitrogen and oxygen atoms in total. The van der Waals surface area contributed by atoms with Crippen LogP contribution in [0.15, 0.2) is 24.4 Å². The van der Waals surface area contributed by atoms with E-state index in [0.717, 1.165) is 56.5 Å². The Kier molecular flexibility index (Phi) is 5.64. The molecule has 0 bridgehead atoms. The van der Waals surface area contributed by atoms with Gasteiger partial charge >= 0.3 is 5.97 Å². The number of ketones is 1. The minimum Gasteiger partial charge on any atom is -0.481 e. The van der Waals surface area contributed by atoms with E-state index >= 15 is 0 Å². The van der Waals surface area contributed by atoms with Crippen LogP contribution < -0.4 is 0 Å². The average molecular weight is 356 g/mol. The second kappa shape index (κ2) is 7.94. The zero-order valence-corrected chi connectivity index (χ0v) is 15.7. The highest BCUT2D eigenvalue weighted by Crippen LogP contribution is 2.33. The first-order chi connectivity index (χ1) is 12.6. The molecule has 0 radical (unpaired) electrons. The number of rotatable bonds is 7. The van der Waals surface area contributed by atoms with E-state index in [0.29, 0.717) is 17.8 Å². The van der Waals surface area contributed by atoms with Crippen LogP contribution in [0.5, 0.6) is 0 Å². The van der Waals surface area contributed by atoms with Crippen LogP contribution in [0.3, 0.4) is 0 Å². The lowest BCUT2D eigenvalue weighted by Gasteiger charge is -2.14. The van der Waals surface area contributed by atoms with Crippen molar-refractivity contribution in [1.29, 1.82) is 0 Å². The van der Waals surface area contributed by atoms with Gasteiger partial charge < -0.3 is 14.2 Å². The van der Waals surface area contributed by atoms with Gasteiger partial charge in [0.15, 0.2) is 0 Å². The third-order valence-electron chi connectivity index (χ3n) is 5.41. The molecule has 0 saturated carbocycles. The summed E-state index contributed by atoms with van der Waals surface area (Å²) in [5.41, 5.74) is 3.19. The van der Waals surface area contributed by atoms with Crippen LogP contribution in [-0.4, -0.2) is 26.0 Å². The lowest BCUT2D eigenvalue weighted by molar-refractivity contribution is -0.139. The topological polar surface area (TPSA) is 64.2 Å². The minimum atomic E-state index is -0.788. The third kappa shape index (κ3) is 3.35. The highest BCUT2D eigenvalue weighted by Gasteiger charge is 2.31. The summed E-state index contributed by atoms with van der Waals surface area (Å²) < 4.78 is 3.96. The number of hydrogen-bond acceptors (Lipinski definition) is 2. The lowest BCUT2D eigenvalue weighted by atomic mass is 9.98. The van der Waals surface area contributed by atoms with Crippen molar-refractivity contribution in [2.24, 2.45) is 0 Å². The highest BCUT2D eigenvalue weighted by atomic mass is 16.4. The molecule has 1 unspecified atom stereocenters. The smallest absolute Gasteiger partial charge is 0.312 e. The molecule has 0 aromatic carbocycles. The molecule has 1 aliphatic heterocycles. The number of fused-ring (bicyclic) bond motifs is 1. The van der Waals surface area contributed by atoms with Gasteiger partial charge in [0, 0.05) is 25.0 Å². The highest BCUT2D eigenvalue weighted by molar-refractivity contribution is 6.08. The van der Waals surface area contributed by atoms with Crippen molar-refractivity contribution >= 4 is 11.8 Å². The Morgan fingerprint density at radius 1 is 1.27 bits per heavy atom. The second-order valence-electron chi connectivity index (χ2n) is 7.09. The number of carboxylic acids is 1. The molecule has 140 valence electrons. The third-order valence-corrected chi connectivity index (χ3v) is 5.41. The van der Waals surface area contributed by atoms with Crippen LogP contribution in [0.1, 0.15) is 79.3 Å². The molecule has 1 N–H and O–H groups in total. The van der Waals surface area contributed by atoms with E-state index < -0.39 is 11.9 Å². The number of carbonyl (C=O) groups excluding carboxylic acids is 1. The SMILES string of the molecule is CCCCc1cc2n(c1C(=O)c1cccn1CC)CCCCC2C(=O)O. The van der Waals surface area contributed by atoms with Gasteiger partial charge in [-0.25, -0.2) is 0 Å². The number of nitrogens with zero attached hydrogens (tertiary/aromatic N) is 2. The number of carbonyl (C=O) groups is 2. The van der Waals surface area contributed by atoms with Crippen molar-refractivity contribution in [2.75, 3.05) is 0 Å². The largest absolute Gasteiger partial charge is 0.481 e. The molecular weight excluding hydrogens is 328 g/mol. The van der Waals surface area contributed by atoms with E-state index in [1.165, 1.54) is 0 Å². The number of aliphatic carboxylic acids is 1. The Morgan fingerprint density at radius 3 is 2.77 bits per heavy atom. The fraction of sp³-hybridized carbons (Fsp3) is 0.524. The molecule has 26 heavy (non-hydrogen) atoms. The van der Waals surface area contributed by atoms with Gasteiger partial charge in [0.05, 0.1) is 17.3 Å². The Hall–Kier alpha value is -2.30. The molecule has 1 atom stereocenters. The second-order valence-corrected chi connectivity index (χ2v) is 7.09. The average Bonchev–Trinajstić information content (AvgIpc) is 3.18. The first-order valence-electron chi connectivity index (χ1n) is 9.73. The summed E-state index contributed by atoms with van der Waals surface area (Å²) in [6, 6.07) is 5.75. The number of unbranched alkanes of at least 4 members (excludes halogenated alkanes) is 1. The van der Waals surface area contributed by atoms with E-state index in [1.807, 2.05) is 40.5 Å². The zero-order valence-electron chi connectivity index (χ0n) is 15.7. The summed E-state index contributed by atoms with van der Waals surface area (Å²) in [6.45, 7) is 5.61. The summed E-state index contributed by atoms with van der Waals surface area (Å²) >= 11 is 0. The molecule has 0 spiro atoms. The Bertz CT molecular complexity index is 800. The standard InChI is InChI=1S/C21H28N2O3/c1-3-5-9-15-14-18-16(21(25)26)10-6-7-13-23(18)19(15)20(24)17-11-8-12-22(17)4-2/h8,11-12,14,16H,3-7,9-10,13H2,1-2H3,(H,25,26). The zero-order chi connectivity index (χ0) is 18.7. The van der Waals surface area contributed by atoms with Gasteiger partial charge in [0.1, 0.15) is 0 Å². The molecule has 3 heterocycles. The lowest BCUT2D eigenvalue weighted by Crippen LogP contribution is -2.19. The van der Waals surface area contributed by atoms with Gasteiger partial charge in [0.25, 0.3) is 0 Å². The van der Waals surface area contributed by atoms with Gasteiger partial charge in [-0.3, -0.25) is 9.59 Å². The minimum absolute atomic E-state index is 0.0141. The van der Waals surface area contributed by atoms with E-state index in [-0.39, 0.29) is 5.78 Å². The molecular formula is C21H28N2O3. The quantitative estimate of drug-likeness (QED) is 0.755. The van der Waals surface area contributed by atoms with Crippen molar-refractivity contribution in [3.8, 4) is 0 Å². The van der Waals surface area contributed by atoms with Crippen molar-refractivity contribution in [1.82, 2.24) is 9.13 Å². The van der Waals surface area contributed by atoms with E-state index in [2.05, 4.69) is 6.92 Å². The van der Waals surface area contributed by atoms with Crippen molar-refractivity contribution in [3.05, 3.63) is 47.0 Å². The van der Waals surface area contributed by atoms with Gasteiger partial charge in [-0.1, -0.05) is 19.8 Å². The Morgan fingerprint density at radius 2 is 2.08 bits per heavy atom. The monoisotopic (exact) mass is 356 g/mol. The molecule has 1 aliphatic rings. The van der Waals surface area contributed by atoms with Gasteiger partial charge in [-0.15, -0.1) is 0 Å². The molecule has 0 fully saturated rings. The van der Waals surface area contributed by atoms with Crippen molar-refractivity contribution < 1.29 is 14.7 Å². The first-order valence-corrected chi connectivity index (χ1v) is 9.73. The maximum atomic E-state index is 13.4. The van der Waals surface area contributed by atoms with Crippen LogP contribution >= 0.6 is 0 Å². The molecule has 0 amide bonds. The summed E-state index contributed by atoms with van der Waals surface area (Å²) in [7, 11) is 0. The van der Waals surface area contributed by atoms with Gasteiger partial charge in [-0.05, 0) is 56.4 Å². The predicted octanol–water partition coefficient (Wildman–Crippen LogP) is 4.24. The fourth-order valence-corrected chi connectivity index (χ4v) is 4.02. The van der Waals surface area contributed by atoms with Crippen molar-refractivity contribution in [3.63, 3.8) is 0 Å². The number of carboxylic acid groups (broad SMARTS) is 1. The van der Waals surface area contributed by atoms with Gasteiger partial charge in [-0.2, -0.15) is 0 Å². The van der Waals surface area contributed by atoms with Crippen LogP contribution in [-0.2, 0) is 24.3 Å².